The smallest absolute Gasteiger partial charge is 0.264 e. The summed E-state index contributed by atoms with van der Waals surface area (Å²) in [4.78, 5) is 1.98. The fraction of sp³-hybridized carbons (Fsp3) is 0.270. The normalized spacial score (nSPS) is 14.8. The Bertz CT molecular complexity index is 1930. The number of ether oxygens (including phenoxy) is 1. The number of fused-ring (bicyclic) bond motifs is 2. The van der Waals surface area contributed by atoms with Gasteiger partial charge in [-0.1, -0.05) is 66.0 Å². The Morgan fingerprint density at radius 1 is 0.978 bits per heavy atom. The zero-order chi connectivity index (χ0) is 32.1. The Kier molecular flexibility index (Phi) is 10.1. The Morgan fingerprint density at radius 3 is 2.42 bits per heavy atom. The molecule has 4 aromatic rings. The molecule has 0 saturated heterocycles. The summed E-state index contributed by atoms with van der Waals surface area (Å²) in [7, 11) is -4.04. The van der Waals surface area contributed by atoms with E-state index >= 15 is 0 Å². The van der Waals surface area contributed by atoms with Crippen LogP contribution < -0.4 is 14.2 Å². The molecule has 234 valence electrons. The van der Waals surface area contributed by atoms with Crippen molar-refractivity contribution in [2.45, 2.75) is 54.0 Å². The summed E-state index contributed by atoms with van der Waals surface area (Å²) in [5, 5.41) is 1.21. The van der Waals surface area contributed by atoms with Crippen molar-refractivity contribution in [1.82, 2.24) is 0 Å². The zero-order valence-electron chi connectivity index (χ0n) is 26.6. The van der Waals surface area contributed by atoms with Gasteiger partial charge in [0.25, 0.3) is 15.1 Å². The van der Waals surface area contributed by atoms with Gasteiger partial charge in [0.2, 0.25) is 11.4 Å². The second kappa shape index (κ2) is 14.0. The molecular formula is C37H41N2O4S2+. The van der Waals surface area contributed by atoms with Crippen LogP contribution in [-0.2, 0) is 23.1 Å². The third kappa shape index (κ3) is 8.00. The maximum atomic E-state index is 11.4. The molecule has 3 aromatic carbocycles. The van der Waals surface area contributed by atoms with Crippen LogP contribution in [0, 0.1) is 27.7 Å². The van der Waals surface area contributed by atoms with E-state index in [-0.39, 0.29) is 12.2 Å². The first-order valence-corrected chi connectivity index (χ1v) is 17.7. The number of allylic oxidation sites excluding steroid dienone is 6. The lowest BCUT2D eigenvalue weighted by Gasteiger charge is -2.18. The molecule has 1 aliphatic rings. The van der Waals surface area contributed by atoms with Gasteiger partial charge in [-0.3, -0.25) is 4.55 Å². The molecule has 0 fully saturated rings. The van der Waals surface area contributed by atoms with Crippen LogP contribution in [0.4, 0.5) is 5.69 Å². The third-order valence-corrected chi connectivity index (χ3v) is 10.1. The highest BCUT2D eigenvalue weighted by atomic mass is 32.2. The average molecular weight is 642 g/mol. The molecule has 0 unspecified atom stereocenters. The minimum atomic E-state index is -4.04. The van der Waals surface area contributed by atoms with E-state index in [1.807, 2.05) is 54.4 Å². The Labute approximate surface area is 271 Å². The van der Waals surface area contributed by atoms with Gasteiger partial charge in [0, 0.05) is 18.7 Å². The van der Waals surface area contributed by atoms with Crippen molar-refractivity contribution in [3.05, 3.63) is 129 Å². The SMILES string of the molecule is CC[n+]1c(C=CC=C(C=CC=C2Oc3cc(C)c(C)cc3N2CCCS(=O)(=O)O)Cc2ccccc2)sc2cc(C)c(C)cc21. The lowest BCUT2D eigenvalue weighted by Crippen LogP contribution is -2.33. The van der Waals surface area contributed by atoms with Crippen LogP contribution >= 0.6 is 11.3 Å². The molecule has 1 N–H and O–H groups in total. The molecule has 5 rings (SSSR count). The van der Waals surface area contributed by atoms with E-state index in [0.29, 0.717) is 12.4 Å². The lowest BCUT2D eigenvalue weighted by molar-refractivity contribution is -0.665. The van der Waals surface area contributed by atoms with Gasteiger partial charge in [-0.25, -0.2) is 0 Å². The second-order valence-electron chi connectivity index (χ2n) is 11.5. The number of nitrogens with zero attached hydrogens (tertiary/aromatic N) is 2. The van der Waals surface area contributed by atoms with E-state index in [9.17, 15) is 13.0 Å². The van der Waals surface area contributed by atoms with E-state index < -0.39 is 10.1 Å². The predicted molar refractivity (Wildman–Crippen MR) is 187 cm³/mol. The predicted octanol–water partition coefficient (Wildman–Crippen LogP) is 8.20. The van der Waals surface area contributed by atoms with Gasteiger partial charge in [-0.15, -0.1) is 0 Å². The minimum absolute atomic E-state index is 0.272. The molecular weight excluding hydrogens is 601 g/mol. The highest BCUT2D eigenvalue weighted by Crippen LogP contribution is 2.41. The number of hydrogen-bond acceptors (Lipinski definition) is 5. The molecule has 0 saturated carbocycles. The van der Waals surface area contributed by atoms with Crippen molar-refractivity contribution < 1.29 is 22.3 Å². The first kappa shape index (κ1) is 32.4. The Balaban J connectivity index is 1.43. The fourth-order valence-electron chi connectivity index (χ4n) is 5.43. The van der Waals surface area contributed by atoms with Crippen molar-refractivity contribution in [1.29, 1.82) is 0 Å². The van der Waals surface area contributed by atoms with Crippen LogP contribution in [0.5, 0.6) is 5.75 Å². The summed E-state index contributed by atoms with van der Waals surface area (Å²) >= 11 is 1.81. The quantitative estimate of drug-likeness (QED) is 0.102. The van der Waals surface area contributed by atoms with Crippen molar-refractivity contribution in [2.75, 3.05) is 17.2 Å². The maximum absolute atomic E-state index is 11.4. The number of aromatic nitrogens is 1. The number of aryl methyl sites for hydroxylation is 5. The van der Waals surface area contributed by atoms with Gasteiger partial charge < -0.3 is 9.64 Å². The van der Waals surface area contributed by atoms with Crippen molar-refractivity contribution in [3.8, 4) is 5.75 Å². The second-order valence-corrected chi connectivity index (χ2v) is 14.1. The lowest BCUT2D eigenvalue weighted by atomic mass is 10.0. The van der Waals surface area contributed by atoms with Gasteiger partial charge in [-0.2, -0.15) is 13.0 Å². The Hall–Kier alpha value is -3.98. The van der Waals surface area contributed by atoms with Gasteiger partial charge in [0.05, 0.1) is 11.4 Å². The summed E-state index contributed by atoms with van der Waals surface area (Å²) in [5.41, 5.74) is 9.38. The molecule has 8 heteroatoms. The molecule has 0 amide bonds. The third-order valence-electron chi connectivity index (χ3n) is 8.14. The summed E-state index contributed by atoms with van der Waals surface area (Å²) in [6, 6.07) is 19.0. The molecule has 45 heavy (non-hydrogen) atoms. The van der Waals surface area contributed by atoms with Gasteiger partial charge in [-0.05, 0) is 105 Å². The molecule has 0 bridgehead atoms. The van der Waals surface area contributed by atoms with Crippen molar-refractivity contribution in [3.63, 3.8) is 0 Å². The largest absolute Gasteiger partial charge is 0.439 e. The summed E-state index contributed by atoms with van der Waals surface area (Å²) in [6.07, 6.45) is 13.5. The van der Waals surface area contributed by atoms with Gasteiger partial charge in [0.15, 0.2) is 5.75 Å². The first-order valence-electron chi connectivity index (χ1n) is 15.3. The first-order chi connectivity index (χ1) is 21.5. The standard InChI is InChI=1S/C37H40N2O4S2/c1-6-38-33-22-27(3)29(5)24-35(33)44-37(38)18-11-16-31(25-30-13-8-7-9-14-30)15-10-17-36-39(19-12-20-45(40,41)42)32-21-26(2)28(4)23-34(32)43-36/h7-11,13-18,21-24H,6,12,19-20,25H2,1-5H3/p+1. The summed E-state index contributed by atoms with van der Waals surface area (Å²) < 4.78 is 41.9. The van der Waals surface area contributed by atoms with Crippen LogP contribution in [0.15, 0.2) is 96.4 Å². The van der Waals surface area contributed by atoms with E-state index in [1.54, 1.807) is 0 Å². The van der Waals surface area contributed by atoms with Crippen LogP contribution in [0.3, 0.4) is 0 Å². The van der Waals surface area contributed by atoms with Gasteiger partial charge >= 0.3 is 0 Å². The average Bonchev–Trinajstić information content (AvgIpc) is 3.49. The number of hydrogen-bond donors (Lipinski definition) is 1. The van der Waals surface area contributed by atoms with E-state index in [0.717, 1.165) is 41.1 Å². The number of benzene rings is 3. The van der Waals surface area contributed by atoms with Crippen molar-refractivity contribution in [2.24, 2.45) is 0 Å². The molecule has 1 aromatic heterocycles. The zero-order valence-corrected chi connectivity index (χ0v) is 28.2. The van der Waals surface area contributed by atoms with Crippen LogP contribution in [0.2, 0.25) is 0 Å². The molecule has 1 aliphatic heterocycles. The molecule has 0 aliphatic carbocycles. The number of thiazole rings is 1. The highest BCUT2D eigenvalue weighted by molar-refractivity contribution is 7.85. The van der Waals surface area contributed by atoms with Crippen LogP contribution in [-0.4, -0.2) is 25.3 Å². The maximum Gasteiger partial charge on any atom is 0.264 e. The number of rotatable bonds is 11. The summed E-state index contributed by atoms with van der Waals surface area (Å²) in [5.74, 6) is 1.06. The molecule has 6 nitrogen and oxygen atoms in total. The van der Waals surface area contributed by atoms with Gasteiger partial charge in [0.1, 0.15) is 11.2 Å². The topological polar surface area (TPSA) is 70.7 Å². The molecule has 2 heterocycles. The molecule has 0 spiro atoms. The van der Waals surface area contributed by atoms with E-state index in [4.69, 9.17) is 4.74 Å². The highest BCUT2D eigenvalue weighted by Gasteiger charge is 2.27. The van der Waals surface area contributed by atoms with E-state index in [2.05, 4.69) is 92.1 Å². The van der Waals surface area contributed by atoms with Crippen molar-refractivity contribution >= 4 is 43.4 Å². The van der Waals surface area contributed by atoms with Crippen LogP contribution in [0.25, 0.3) is 16.3 Å². The minimum Gasteiger partial charge on any atom is -0.439 e. The Morgan fingerprint density at radius 2 is 1.69 bits per heavy atom. The fourth-order valence-corrected chi connectivity index (χ4v) is 7.14. The van der Waals surface area contributed by atoms with Crippen LogP contribution in [0.1, 0.15) is 46.2 Å². The van der Waals surface area contributed by atoms with E-state index in [1.165, 1.54) is 31.9 Å². The molecule has 0 radical (unpaired) electrons. The summed E-state index contributed by atoms with van der Waals surface area (Å²) in [6.45, 7) is 11.9. The monoisotopic (exact) mass is 641 g/mol. The molecule has 0 atom stereocenters. The number of anilines is 1.